The average Bonchev–Trinajstić information content (AvgIpc) is 2.58. The second-order valence-corrected chi connectivity index (χ2v) is 8.45. The minimum absolute atomic E-state index is 0.0708. The normalized spacial score (nSPS) is 11.2. The van der Waals surface area contributed by atoms with E-state index in [-0.39, 0.29) is 30.1 Å². The lowest BCUT2D eigenvalue weighted by Crippen LogP contribution is -2.39. The van der Waals surface area contributed by atoms with E-state index in [1.165, 1.54) is 7.11 Å². The van der Waals surface area contributed by atoms with Gasteiger partial charge in [-0.15, -0.1) is 0 Å². The van der Waals surface area contributed by atoms with Crippen LogP contribution in [-0.4, -0.2) is 38.8 Å². The maximum atomic E-state index is 12.7. The van der Waals surface area contributed by atoms with E-state index in [9.17, 15) is 13.2 Å². The molecule has 0 spiro atoms. The Bertz CT molecular complexity index is 947. The van der Waals surface area contributed by atoms with Gasteiger partial charge < -0.3 is 19.1 Å². The van der Waals surface area contributed by atoms with Gasteiger partial charge in [0.1, 0.15) is 0 Å². The third kappa shape index (κ3) is 6.31. The highest BCUT2D eigenvalue weighted by Gasteiger charge is 2.19. The van der Waals surface area contributed by atoms with Crippen molar-refractivity contribution in [3.8, 4) is 11.5 Å². The van der Waals surface area contributed by atoms with Crippen molar-refractivity contribution < 1.29 is 22.1 Å². The summed E-state index contributed by atoms with van der Waals surface area (Å²) in [5.41, 5.74) is 1.27. The summed E-state index contributed by atoms with van der Waals surface area (Å²) in [6.45, 7) is 4.01. The molecule has 2 rings (SSSR count). The Kier molecular flexibility index (Phi) is 7.15. The Morgan fingerprint density at radius 2 is 1.89 bits per heavy atom. The first kappa shape index (κ1) is 21.8. The molecule has 0 unspecified atom stereocenters. The number of nitrogens with one attached hydrogen (secondary N) is 1. The van der Waals surface area contributed by atoms with Crippen LogP contribution in [0.25, 0.3) is 0 Å². The van der Waals surface area contributed by atoms with Gasteiger partial charge >= 0.3 is 16.1 Å². The number of carbonyl (C=O) groups excluding carboxylic acids is 1. The van der Waals surface area contributed by atoms with Crippen LogP contribution < -0.4 is 14.2 Å². The molecule has 0 aliphatic rings. The second kappa shape index (κ2) is 9.16. The van der Waals surface area contributed by atoms with Crippen LogP contribution in [-0.2, 0) is 16.7 Å². The molecule has 7 nitrogen and oxygen atoms in total. The van der Waals surface area contributed by atoms with Crippen molar-refractivity contribution >= 4 is 33.4 Å². The van der Waals surface area contributed by atoms with Crippen LogP contribution in [0, 0.1) is 0 Å². The van der Waals surface area contributed by atoms with Crippen LogP contribution in [0.1, 0.15) is 19.4 Å². The number of methoxy groups -OCH3 is 1. The molecular formula is C19H23ClN2O5S. The minimum atomic E-state index is -3.72. The van der Waals surface area contributed by atoms with Crippen LogP contribution in [0.3, 0.4) is 0 Å². The van der Waals surface area contributed by atoms with Gasteiger partial charge in [-0.1, -0.05) is 23.7 Å². The number of anilines is 1. The predicted octanol–water partition coefficient (Wildman–Crippen LogP) is 4.13. The largest absolute Gasteiger partial charge is 0.493 e. The molecule has 0 heterocycles. The smallest absolute Gasteiger partial charge is 0.322 e. The van der Waals surface area contributed by atoms with Gasteiger partial charge in [0.2, 0.25) is 0 Å². The molecule has 0 fully saturated rings. The van der Waals surface area contributed by atoms with Crippen molar-refractivity contribution in [2.75, 3.05) is 18.7 Å². The van der Waals surface area contributed by atoms with Crippen molar-refractivity contribution in [1.82, 2.24) is 4.90 Å². The molecule has 1 N–H and O–H groups in total. The maximum Gasteiger partial charge on any atom is 0.322 e. The van der Waals surface area contributed by atoms with Crippen LogP contribution in [0.15, 0.2) is 42.5 Å². The number of rotatable bonds is 7. The van der Waals surface area contributed by atoms with Gasteiger partial charge in [-0.2, -0.15) is 8.42 Å². The van der Waals surface area contributed by atoms with Crippen molar-refractivity contribution in [3.63, 3.8) is 0 Å². The van der Waals surface area contributed by atoms with Gasteiger partial charge in [0.15, 0.2) is 11.5 Å². The fourth-order valence-electron chi connectivity index (χ4n) is 2.49. The van der Waals surface area contributed by atoms with E-state index in [1.807, 2.05) is 13.8 Å². The lowest BCUT2D eigenvalue weighted by Gasteiger charge is -2.27. The Morgan fingerprint density at radius 1 is 1.18 bits per heavy atom. The maximum absolute atomic E-state index is 12.7. The van der Waals surface area contributed by atoms with Crippen LogP contribution in [0.2, 0.25) is 5.02 Å². The van der Waals surface area contributed by atoms with E-state index in [0.29, 0.717) is 16.3 Å². The molecule has 0 radical (unpaired) electrons. The molecule has 0 atom stereocenters. The van der Waals surface area contributed by atoms with Crippen molar-refractivity contribution in [3.05, 3.63) is 53.1 Å². The molecular weight excluding hydrogens is 404 g/mol. The first-order valence-electron chi connectivity index (χ1n) is 8.48. The predicted molar refractivity (Wildman–Crippen MR) is 110 cm³/mol. The monoisotopic (exact) mass is 426 g/mol. The summed E-state index contributed by atoms with van der Waals surface area (Å²) >= 11 is 5.96. The zero-order chi connectivity index (χ0) is 20.9. The highest BCUT2D eigenvalue weighted by atomic mass is 35.5. The third-order valence-electron chi connectivity index (χ3n) is 3.78. The third-order valence-corrected chi connectivity index (χ3v) is 4.50. The van der Waals surface area contributed by atoms with Gasteiger partial charge in [0.05, 0.1) is 13.4 Å². The van der Waals surface area contributed by atoms with Crippen molar-refractivity contribution in [2.45, 2.75) is 26.4 Å². The van der Waals surface area contributed by atoms with Crippen molar-refractivity contribution in [2.24, 2.45) is 0 Å². The summed E-state index contributed by atoms with van der Waals surface area (Å²) in [4.78, 5) is 14.3. The van der Waals surface area contributed by atoms with E-state index in [4.69, 9.17) is 20.5 Å². The van der Waals surface area contributed by atoms with E-state index >= 15 is 0 Å². The molecule has 0 bridgehead atoms. The zero-order valence-electron chi connectivity index (χ0n) is 16.1. The molecule has 0 aliphatic carbocycles. The summed E-state index contributed by atoms with van der Waals surface area (Å²) in [5.74, 6) is 0.357. The molecule has 2 amide bonds. The van der Waals surface area contributed by atoms with E-state index in [1.54, 1.807) is 47.4 Å². The number of hydrogen-bond acceptors (Lipinski definition) is 5. The molecule has 0 aromatic heterocycles. The summed E-state index contributed by atoms with van der Waals surface area (Å²) < 4.78 is 33.1. The number of benzene rings is 2. The average molecular weight is 427 g/mol. The fourth-order valence-corrected chi connectivity index (χ4v) is 3.14. The van der Waals surface area contributed by atoms with Gasteiger partial charge in [0.25, 0.3) is 0 Å². The number of nitrogens with zero attached hydrogens (tertiary/aromatic N) is 1. The molecule has 152 valence electrons. The van der Waals surface area contributed by atoms with E-state index in [2.05, 4.69) is 5.32 Å². The molecule has 0 aliphatic heterocycles. The summed E-state index contributed by atoms with van der Waals surface area (Å²) in [7, 11) is -2.30. The number of amides is 2. The molecule has 28 heavy (non-hydrogen) atoms. The number of hydrogen-bond donors (Lipinski definition) is 1. The first-order valence-corrected chi connectivity index (χ1v) is 10.7. The summed E-state index contributed by atoms with van der Waals surface area (Å²) in [6, 6.07) is 11.3. The lowest BCUT2D eigenvalue weighted by atomic mass is 10.1. The first-order chi connectivity index (χ1) is 13.1. The zero-order valence-corrected chi connectivity index (χ0v) is 17.7. The summed E-state index contributed by atoms with van der Waals surface area (Å²) in [5, 5.41) is 3.33. The van der Waals surface area contributed by atoms with Crippen LogP contribution in [0.5, 0.6) is 11.5 Å². The van der Waals surface area contributed by atoms with Gasteiger partial charge in [-0.25, -0.2) is 4.79 Å². The standard InChI is InChI=1S/C19H23ClN2O5S/c1-13(2)22(19(23)21-16-7-5-6-15(20)11-16)12-14-8-9-17(26-3)18(10-14)27-28(4,24)25/h5-11,13H,12H2,1-4H3,(H,21,23). The highest BCUT2D eigenvalue weighted by molar-refractivity contribution is 7.86. The fraction of sp³-hybridized carbons (Fsp3) is 0.316. The van der Waals surface area contributed by atoms with Gasteiger partial charge in [-0.05, 0) is 49.7 Å². The number of ether oxygens (including phenoxy) is 1. The quantitative estimate of drug-likeness (QED) is 0.673. The second-order valence-electron chi connectivity index (χ2n) is 6.43. The Hall–Kier alpha value is -2.45. The highest BCUT2D eigenvalue weighted by Crippen LogP contribution is 2.30. The Morgan fingerprint density at radius 3 is 2.46 bits per heavy atom. The number of halogens is 1. The lowest BCUT2D eigenvalue weighted by molar-refractivity contribution is 0.193. The number of urea groups is 1. The number of carbonyl (C=O) groups is 1. The minimum Gasteiger partial charge on any atom is -0.493 e. The molecule has 2 aromatic rings. The summed E-state index contributed by atoms with van der Waals surface area (Å²) in [6.07, 6.45) is 0.956. The van der Waals surface area contributed by atoms with Gasteiger partial charge in [-0.3, -0.25) is 0 Å². The van der Waals surface area contributed by atoms with E-state index < -0.39 is 10.1 Å². The topological polar surface area (TPSA) is 84.9 Å². The molecule has 0 saturated heterocycles. The molecule has 9 heteroatoms. The van der Waals surface area contributed by atoms with Gasteiger partial charge in [0, 0.05) is 23.3 Å². The molecule has 2 aromatic carbocycles. The van der Waals surface area contributed by atoms with Crippen LogP contribution >= 0.6 is 11.6 Å². The molecule has 0 saturated carbocycles. The van der Waals surface area contributed by atoms with Crippen molar-refractivity contribution in [1.29, 1.82) is 0 Å². The SMILES string of the molecule is COc1ccc(CN(C(=O)Nc2cccc(Cl)c2)C(C)C)cc1OS(C)(=O)=O. The van der Waals surface area contributed by atoms with Crippen LogP contribution in [0.4, 0.5) is 10.5 Å². The van der Waals surface area contributed by atoms with E-state index in [0.717, 1.165) is 6.26 Å². The Balaban J connectivity index is 2.23. The Labute approximate surface area is 170 Å².